The predicted octanol–water partition coefficient (Wildman–Crippen LogP) is 2.69. The number of benzene rings is 2. The van der Waals surface area contributed by atoms with Gasteiger partial charge in [-0.15, -0.1) is 0 Å². The van der Waals surface area contributed by atoms with Gasteiger partial charge in [0.05, 0.1) is 4.90 Å². The molecule has 4 nitrogen and oxygen atoms in total. The molecule has 0 aromatic heterocycles. The number of nitrogens with two attached hydrogens (primary N) is 1. The van der Waals surface area contributed by atoms with Crippen LogP contribution < -0.4 is 11.1 Å². The van der Waals surface area contributed by atoms with Crippen LogP contribution in [0.1, 0.15) is 0 Å². The summed E-state index contributed by atoms with van der Waals surface area (Å²) in [6, 6.07) is 7.54. The van der Waals surface area contributed by atoms with Crippen molar-refractivity contribution in [3.8, 4) is 0 Å². The molecule has 20 heavy (non-hydrogen) atoms. The molecule has 106 valence electrons. The van der Waals surface area contributed by atoms with E-state index in [-0.39, 0.29) is 16.3 Å². The van der Waals surface area contributed by atoms with Crippen LogP contribution in [-0.2, 0) is 9.84 Å². The number of hydrogen-bond donors (Lipinski definition) is 2. The molecule has 2 aromatic carbocycles. The smallest absolute Gasteiger partial charge is 0.175 e. The Balaban J connectivity index is 2.32. The largest absolute Gasteiger partial charge is 0.399 e. The van der Waals surface area contributed by atoms with Crippen molar-refractivity contribution in [2.24, 2.45) is 0 Å². The van der Waals surface area contributed by atoms with Gasteiger partial charge in [0.1, 0.15) is 5.69 Å². The normalized spacial score (nSPS) is 11.3. The van der Waals surface area contributed by atoms with Crippen molar-refractivity contribution in [2.75, 3.05) is 17.3 Å². The Morgan fingerprint density at radius 3 is 2.00 bits per heavy atom. The van der Waals surface area contributed by atoms with Crippen molar-refractivity contribution in [3.63, 3.8) is 0 Å². The fraction of sp³-hybridized carbons (Fsp3) is 0.0769. The van der Waals surface area contributed by atoms with Gasteiger partial charge in [-0.2, -0.15) is 0 Å². The maximum Gasteiger partial charge on any atom is 0.175 e. The number of sulfone groups is 1. The Morgan fingerprint density at radius 2 is 1.55 bits per heavy atom. The van der Waals surface area contributed by atoms with Crippen molar-refractivity contribution in [1.29, 1.82) is 0 Å². The second-order valence-electron chi connectivity index (χ2n) is 4.28. The van der Waals surface area contributed by atoms with E-state index in [4.69, 9.17) is 5.73 Å². The molecule has 0 aliphatic rings. The zero-order chi connectivity index (χ0) is 14.9. The van der Waals surface area contributed by atoms with E-state index in [1.807, 2.05) is 0 Å². The lowest BCUT2D eigenvalue weighted by atomic mass is 10.2. The average Bonchev–Trinajstić information content (AvgIpc) is 2.33. The number of nitrogens with one attached hydrogen (secondary N) is 1. The highest BCUT2D eigenvalue weighted by molar-refractivity contribution is 7.90. The molecule has 3 N–H and O–H groups in total. The standard InChI is InChI=1S/C13H12F2N2O2S/c1-20(18,19)10-4-2-9(3-5-10)17-13-11(14)6-8(16)7-12(13)15/h2-7,17H,16H2,1H3. The van der Waals surface area contributed by atoms with Gasteiger partial charge in [0.2, 0.25) is 0 Å². The molecule has 0 atom stereocenters. The molecule has 0 spiro atoms. The third-order valence-corrected chi connectivity index (χ3v) is 3.74. The van der Waals surface area contributed by atoms with Crippen LogP contribution in [0.4, 0.5) is 25.8 Å². The first kappa shape index (κ1) is 14.3. The number of nitrogen functional groups attached to an aromatic ring is 1. The van der Waals surface area contributed by atoms with Crippen LogP contribution in [0.25, 0.3) is 0 Å². The van der Waals surface area contributed by atoms with Gasteiger partial charge < -0.3 is 11.1 Å². The van der Waals surface area contributed by atoms with Crippen molar-refractivity contribution in [2.45, 2.75) is 4.90 Å². The first-order valence-corrected chi connectivity index (χ1v) is 7.48. The summed E-state index contributed by atoms with van der Waals surface area (Å²) in [6.45, 7) is 0. The molecule has 2 rings (SSSR count). The van der Waals surface area contributed by atoms with E-state index >= 15 is 0 Å². The maximum atomic E-state index is 13.6. The summed E-state index contributed by atoms with van der Waals surface area (Å²) in [5, 5.41) is 2.55. The fourth-order valence-corrected chi connectivity index (χ4v) is 2.27. The van der Waals surface area contributed by atoms with Gasteiger partial charge in [-0.05, 0) is 36.4 Å². The highest BCUT2D eigenvalue weighted by Gasteiger charge is 2.11. The van der Waals surface area contributed by atoms with Crippen molar-refractivity contribution >= 4 is 26.9 Å². The molecule has 7 heteroatoms. The minimum atomic E-state index is -3.31. The molecule has 0 bridgehead atoms. The summed E-state index contributed by atoms with van der Waals surface area (Å²) in [4.78, 5) is 0.126. The van der Waals surface area contributed by atoms with Gasteiger partial charge in [0.15, 0.2) is 21.5 Å². The Morgan fingerprint density at radius 1 is 1.05 bits per heavy atom. The average molecular weight is 298 g/mol. The SMILES string of the molecule is CS(=O)(=O)c1ccc(Nc2c(F)cc(N)cc2F)cc1. The Hall–Kier alpha value is -2.15. The van der Waals surface area contributed by atoms with Crippen LogP contribution in [0.3, 0.4) is 0 Å². The zero-order valence-electron chi connectivity index (χ0n) is 10.5. The second kappa shape index (κ2) is 5.09. The summed E-state index contributed by atoms with van der Waals surface area (Å²) in [5.74, 6) is -1.65. The van der Waals surface area contributed by atoms with Crippen LogP contribution in [0.2, 0.25) is 0 Å². The van der Waals surface area contributed by atoms with Crippen molar-refractivity contribution in [1.82, 2.24) is 0 Å². The topological polar surface area (TPSA) is 72.2 Å². The van der Waals surface area contributed by atoms with E-state index < -0.39 is 21.5 Å². The highest BCUT2D eigenvalue weighted by Crippen LogP contribution is 2.26. The summed E-state index contributed by atoms with van der Waals surface area (Å²) in [5.41, 5.74) is 5.32. The first-order valence-electron chi connectivity index (χ1n) is 5.59. The van der Waals surface area contributed by atoms with Gasteiger partial charge >= 0.3 is 0 Å². The lowest BCUT2D eigenvalue weighted by Gasteiger charge is -2.10. The predicted molar refractivity (Wildman–Crippen MR) is 73.6 cm³/mol. The van der Waals surface area contributed by atoms with Crippen molar-refractivity contribution < 1.29 is 17.2 Å². The molecule has 2 aromatic rings. The summed E-state index contributed by atoms with van der Waals surface area (Å²) in [7, 11) is -3.31. The minimum Gasteiger partial charge on any atom is -0.399 e. The van der Waals surface area contributed by atoms with E-state index in [9.17, 15) is 17.2 Å². The zero-order valence-corrected chi connectivity index (χ0v) is 11.3. The third-order valence-electron chi connectivity index (χ3n) is 2.62. The van der Waals surface area contributed by atoms with Crippen LogP contribution in [0.15, 0.2) is 41.3 Å². The van der Waals surface area contributed by atoms with E-state index in [0.717, 1.165) is 18.4 Å². The molecule has 0 fully saturated rings. The molecule has 0 aliphatic carbocycles. The van der Waals surface area contributed by atoms with Gasteiger partial charge in [-0.25, -0.2) is 17.2 Å². The summed E-state index contributed by atoms with van der Waals surface area (Å²) in [6.07, 6.45) is 1.08. The fourth-order valence-electron chi connectivity index (χ4n) is 1.64. The van der Waals surface area contributed by atoms with Crippen LogP contribution >= 0.6 is 0 Å². The van der Waals surface area contributed by atoms with Crippen LogP contribution in [-0.4, -0.2) is 14.7 Å². The van der Waals surface area contributed by atoms with Crippen LogP contribution in [0.5, 0.6) is 0 Å². The lowest BCUT2D eigenvalue weighted by molar-refractivity contribution is 0.591. The highest BCUT2D eigenvalue weighted by atomic mass is 32.2. The number of hydrogen-bond acceptors (Lipinski definition) is 4. The second-order valence-corrected chi connectivity index (χ2v) is 6.30. The van der Waals surface area contributed by atoms with E-state index in [1.165, 1.54) is 24.3 Å². The maximum absolute atomic E-state index is 13.6. The van der Waals surface area contributed by atoms with Crippen LogP contribution in [0, 0.1) is 11.6 Å². The van der Waals surface area contributed by atoms with E-state index in [0.29, 0.717) is 5.69 Å². The number of halogens is 2. The molecule has 0 saturated heterocycles. The molecule has 0 heterocycles. The number of rotatable bonds is 3. The van der Waals surface area contributed by atoms with E-state index in [1.54, 1.807) is 0 Å². The van der Waals surface area contributed by atoms with Gasteiger partial charge in [0, 0.05) is 17.6 Å². The molecule has 0 amide bonds. The molecular formula is C13H12F2N2O2S. The number of anilines is 3. The Kier molecular flexibility index (Phi) is 3.63. The molecule has 0 radical (unpaired) electrons. The molecule has 0 unspecified atom stereocenters. The Bertz CT molecular complexity index is 720. The molecular weight excluding hydrogens is 286 g/mol. The van der Waals surface area contributed by atoms with Gasteiger partial charge in [-0.1, -0.05) is 0 Å². The summed E-state index contributed by atoms with van der Waals surface area (Å²) < 4.78 is 49.8. The molecule has 0 aliphatic heterocycles. The van der Waals surface area contributed by atoms with Crippen molar-refractivity contribution in [3.05, 3.63) is 48.0 Å². The van der Waals surface area contributed by atoms with Gasteiger partial charge in [0.25, 0.3) is 0 Å². The first-order chi connectivity index (χ1) is 9.27. The quantitative estimate of drug-likeness (QED) is 0.855. The summed E-state index contributed by atoms with van der Waals surface area (Å²) >= 11 is 0. The third kappa shape index (κ3) is 3.05. The van der Waals surface area contributed by atoms with Gasteiger partial charge in [-0.3, -0.25) is 0 Å². The van der Waals surface area contributed by atoms with E-state index in [2.05, 4.69) is 5.32 Å². The minimum absolute atomic E-state index is 0.0158. The lowest BCUT2D eigenvalue weighted by Crippen LogP contribution is -2.01. The monoisotopic (exact) mass is 298 g/mol. The molecule has 0 saturated carbocycles. The Labute approximate surface area is 115 Å².